The Kier molecular flexibility index (Phi) is 1.57. The van der Waals surface area contributed by atoms with Gasteiger partial charge in [-0.3, -0.25) is 4.79 Å². The van der Waals surface area contributed by atoms with Gasteiger partial charge in [-0.2, -0.15) is 4.98 Å². The molecule has 0 saturated heterocycles. The minimum atomic E-state index is -0.00523. The lowest BCUT2D eigenvalue weighted by molar-refractivity contribution is -0.121. The molecule has 0 saturated carbocycles. The lowest BCUT2D eigenvalue weighted by atomic mass is 10.5. The normalized spacial score (nSPS) is 9.30. The van der Waals surface area contributed by atoms with Gasteiger partial charge in [0.1, 0.15) is 5.69 Å². The quantitative estimate of drug-likeness (QED) is 0.592. The highest BCUT2D eigenvalue weighted by atomic mass is 16.6. The van der Waals surface area contributed by atoms with E-state index in [1.165, 1.54) is 0 Å². The molecule has 2 N–H and O–H groups in total. The monoisotopic (exact) mass is 142 g/mol. The number of rotatable bonds is 2. The van der Waals surface area contributed by atoms with E-state index in [1.54, 1.807) is 6.92 Å². The van der Waals surface area contributed by atoms with Gasteiger partial charge in [-0.15, -0.1) is 0 Å². The van der Waals surface area contributed by atoms with Crippen molar-refractivity contribution in [2.75, 3.05) is 5.73 Å². The van der Waals surface area contributed by atoms with Crippen LogP contribution in [0.5, 0.6) is 5.95 Å². The molecule has 0 amide bonds. The summed E-state index contributed by atoms with van der Waals surface area (Å²) in [6.45, 7) is 1.88. The Morgan fingerprint density at radius 2 is 2.50 bits per heavy atom. The van der Waals surface area contributed by atoms with Crippen LogP contribution in [0.2, 0.25) is 0 Å². The van der Waals surface area contributed by atoms with Crippen molar-refractivity contribution in [2.45, 2.75) is 6.92 Å². The number of aromatic nitrogens is 1. The van der Waals surface area contributed by atoms with Gasteiger partial charge in [0, 0.05) is 0 Å². The van der Waals surface area contributed by atoms with Crippen LogP contribution >= 0.6 is 0 Å². The summed E-state index contributed by atoms with van der Waals surface area (Å²) < 4.78 is 9.04. The van der Waals surface area contributed by atoms with Crippen LogP contribution in [0.1, 0.15) is 5.69 Å². The minimum Gasteiger partial charge on any atom is -0.393 e. The summed E-state index contributed by atoms with van der Waals surface area (Å²) in [5.74, 6) is 0.0486. The standard InChI is InChI=1S/C5H6N2O3/c1-3-4(9-2-8)10-5(6)7-3/h2H,1H3,(H2,6,7). The maximum Gasteiger partial charge on any atom is 0.317 e. The van der Waals surface area contributed by atoms with Gasteiger partial charge in [0.05, 0.1) is 0 Å². The number of nitrogens with zero attached hydrogens (tertiary/aromatic N) is 1. The zero-order chi connectivity index (χ0) is 7.56. The average Bonchev–Trinajstić information content (AvgIpc) is 2.13. The number of oxazole rings is 1. The van der Waals surface area contributed by atoms with Crippen LogP contribution in [-0.4, -0.2) is 11.5 Å². The van der Waals surface area contributed by atoms with Gasteiger partial charge in [0.25, 0.3) is 6.01 Å². The molecule has 1 heterocycles. The van der Waals surface area contributed by atoms with Crippen LogP contribution in [0.4, 0.5) is 6.01 Å². The van der Waals surface area contributed by atoms with Crippen molar-refractivity contribution in [3.8, 4) is 5.95 Å². The van der Waals surface area contributed by atoms with Crippen molar-refractivity contribution in [3.05, 3.63) is 5.69 Å². The maximum absolute atomic E-state index is 9.78. The second-order valence-corrected chi connectivity index (χ2v) is 1.64. The number of nitrogen functional groups attached to an aromatic ring is 1. The predicted octanol–water partition coefficient (Wildman–Crippen LogP) is 0.100. The highest BCUT2D eigenvalue weighted by Crippen LogP contribution is 2.18. The van der Waals surface area contributed by atoms with Crippen LogP contribution < -0.4 is 10.5 Å². The summed E-state index contributed by atoms with van der Waals surface area (Å²) in [5, 5.41) is 0. The van der Waals surface area contributed by atoms with E-state index in [0.29, 0.717) is 5.69 Å². The number of nitrogens with two attached hydrogens (primary N) is 1. The van der Waals surface area contributed by atoms with Gasteiger partial charge in [0.15, 0.2) is 0 Å². The molecule has 1 aromatic rings. The number of carbonyl (C=O) groups is 1. The second kappa shape index (κ2) is 2.38. The molecular formula is C5H6N2O3. The van der Waals surface area contributed by atoms with Crippen LogP contribution in [0.3, 0.4) is 0 Å². The summed E-state index contributed by atoms with van der Waals surface area (Å²) >= 11 is 0. The molecule has 0 bridgehead atoms. The fourth-order valence-electron chi connectivity index (χ4n) is 0.556. The first-order valence-corrected chi connectivity index (χ1v) is 2.57. The number of hydrogen-bond acceptors (Lipinski definition) is 5. The van der Waals surface area contributed by atoms with Gasteiger partial charge in [-0.05, 0) is 6.92 Å². The smallest absolute Gasteiger partial charge is 0.317 e. The van der Waals surface area contributed by atoms with E-state index < -0.39 is 0 Å². The van der Waals surface area contributed by atoms with Crippen molar-refractivity contribution < 1.29 is 13.9 Å². The Balaban J connectivity index is 2.91. The predicted molar refractivity (Wildman–Crippen MR) is 32.3 cm³/mol. The van der Waals surface area contributed by atoms with Crippen molar-refractivity contribution in [3.63, 3.8) is 0 Å². The van der Waals surface area contributed by atoms with E-state index in [2.05, 4.69) is 14.1 Å². The van der Waals surface area contributed by atoms with Crippen LogP contribution in [-0.2, 0) is 4.79 Å². The number of anilines is 1. The molecular weight excluding hydrogens is 136 g/mol. The Labute approximate surface area is 56.8 Å². The first kappa shape index (κ1) is 6.60. The summed E-state index contributed by atoms with van der Waals surface area (Å²) in [4.78, 5) is 13.4. The van der Waals surface area contributed by atoms with E-state index >= 15 is 0 Å². The molecule has 0 atom stereocenters. The Hall–Kier alpha value is -1.52. The number of carbonyl (C=O) groups excluding carboxylic acids is 1. The molecule has 0 aromatic carbocycles. The highest BCUT2D eigenvalue weighted by Gasteiger charge is 2.06. The zero-order valence-electron chi connectivity index (χ0n) is 5.33. The molecule has 0 unspecified atom stereocenters. The summed E-state index contributed by atoms with van der Waals surface area (Å²) in [7, 11) is 0. The topological polar surface area (TPSA) is 78.3 Å². The molecule has 0 aliphatic carbocycles. The van der Waals surface area contributed by atoms with Crippen LogP contribution in [0.25, 0.3) is 0 Å². The first-order valence-electron chi connectivity index (χ1n) is 2.57. The number of hydrogen-bond donors (Lipinski definition) is 1. The van der Waals surface area contributed by atoms with Crippen LogP contribution in [0, 0.1) is 6.92 Å². The molecule has 0 aliphatic heterocycles. The summed E-state index contributed by atoms with van der Waals surface area (Å²) in [6.07, 6.45) is 0. The Morgan fingerprint density at radius 1 is 1.80 bits per heavy atom. The number of aryl methyl sites for hydroxylation is 1. The van der Waals surface area contributed by atoms with E-state index in [0.717, 1.165) is 0 Å². The van der Waals surface area contributed by atoms with Crippen molar-refractivity contribution >= 4 is 12.5 Å². The summed E-state index contributed by atoms with van der Waals surface area (Å²) in [6, 6.07) is -0.00523. The van der Waals surface area contributed by atoms with Crippen molar-refractivity contribution in [1.29, 1.82) is 0 Å². The largest absolute Gasteiger partial charge is 0.393 e. The van der Waals surface area contributed by atoms with Gasteiger partial charge < -0.3 is 14.9 Å². The second-order valence-electron chi connectivity index (χ2n) is 1.64. The third-order valence-corrected chi connectivity index (χ3v) is 0.926. The molecule has 1 rings (SSSR count). The molecule has 0 aliphatic rings. The molecule has 10 heavy (non-hydrogen) atoms. The van der Waals surface area contributed by atoms with Gasteiger partial charge in [-0.25, -0.2) is 0 Å². The lowest BCUT2D eigenvalue weighted by Gasteiger charge is -1.87. The Bertz CT molecular complexity index is 243. The zero-order valence-corrected chi connectivity index (χ0v) is 5.33. The molecule has 0 radical (unpaired) electrons. The Morgan fingerprint density at radius 3 is 2.90 bits per heavy atom. The maximum atomic E-state index is 9.78. The first-order chi connectivity index (χ1) is 4.74. The van der Waals surface area contributed by atoms with Crippen molar-refractivity contribution in [2.24, 2.45) is 0 Å². The van der Waals surface area contributed by atoms with E-state index in [1.807, 2.05) is 0 Å². The average molecular weight is 142 g/mol. The highest BCUT2D eigenvalue weighted by molar-refractivity contribution is 5.43. The molecule has 0 spiro atoms. The number of ether oxygens (including phenoxy) is 1. The van der Waals surface area contributed by atoms with Gasteiger partial charge in [0.2, 0.25) is 0 Å². The fraction of sp³-hybridized carbons (Fsp3) is 0.200. The SMILES string of the molecule is Cc1nc(N)oc1OC=O. The van der Waals surface area contributed by atoms with Gasteiger partial charge >= 0.3 is 12.4 Å². The minimum absolute atomic E-state index is 0.00523. The molecule has 0 fully saturated rings. The van der Waals surface area contributed by atoms with Gasteiger partial charge in [-0.1, -0.05) is 0 Å². The molecule has 54 valence electrons. The van der Waals surface area contributed by atoms with Crippen LogP contribution in [0.15, 0.2) is 4.42 Å². The molecule has 5 nitrogen and oxygen atoms in total. The van der Waals surface area contributed by atoms with E-state index in [4.69, 9.17) is 5.73 Å². The fourth-order valence-corrected chi connectivity index (χ4v) is 0.556. The molecule has 5 heteroatoms. The third kappa shape index (κ3) is 1.07. The van der Waals surface area contributed by atoms with Crippen molar-refractivity contribution in [1.82, 2.24) is 4.98 Å². The lowest BCUT2D eigenvalue weighted by Crippen LogP contribution is -1.87. The van der Waals surface area contributed by atoms with E-state index in [-0.39, 0.29) is 18.4 Å². The third-order valence-electron chi connectivity index (χ3n) is 0.926. The van der Waals surface area contributed by atoms with E-state index in [9.17, 15) is 4.79 Å². The summed E-state index contributed by atoms with van der Waals surface area (Å²) in [5.41, 5.74) is 5.60. The molecule has 1 aromatic heterocycles.